The summed E-state index contributed by atoms with van der Waals surface area (Å²) in [5, 5.41) is 12.6. The molecule has 0 aromatic heterocycles. The maximum absolute atomic E-state index is 13.3. The molecule has 2 aliphatic heterocycles. The average molecular weight is 477 g/mol. The van der Waals surface area contributed by atoms with Gasteiger partial charge in [-0.05, 0) is 53.9 Å². The number of benzene rings is 2. The summed E-state index contributed by atoms with van der Waals surface area (Å²) in [6.45, 7) is 0.906. The topological polar surface area (TPSA) is 105 Å². The molecule has 2 aromatic carbocycles. The zero-order chi connectivity index (χ0) is 24.2. The van der Waals surface area contributed by atoms with E-state index in [1.807, 2.05) is 24.3 Å². The number of fused-ring (bicyclic) bond motifs is 4. The predicted octanol–water partition coefficient (Wildman–Crippen LogP) is 3.15. The van der Waals surface area contributed by atoms with Crippen molar-refractivity contribution in [1.29, 1.82) is 0 Å². The van der Waals surface area contributed by atoms with Crippen LogP contribution in [0.2, 0.25) is 0 Å². The molecule has 2 saturated heterocycles. The second kappa shape index (κ2) is 8.37. The summed E-state index contributed by atoms with van der Waals surface area (Å²) in [7, 11) is 0. The fraction of sp³-hybridized carbons (Fsp3) is 0.444. The highest BCUT2D eigenvalue weighted by molar-refractivity contribution is 5.93. The highest BCUT2D eigenvalue weighted by Gasteiger charge is 2.67. The van der Waals surface area contributed by atoms with Crippen molar-refractivity contribution in [3.8, 4) is 11.1 Å². The number of rotatable bonds is 5. The number of carbonyl (C=O) groups excluding carboxylic acids is 2. The second-order valence-electron chi connectivity index (χ2n) is 9.92. The molecular weight excluding hydrogens is 448 g/mol. The lowest BCUT2D eigenvalue weighted by Gasteiger charge is -2.36. The molecule has 8 heteroatoms. The summed E-state index contributed by atoms with van der Waals surface area (Å²) in [5.41, 5.74) is 3.46. The van der Waals surface area contributed by atoms with E-state index in [0.29, 0.717) is 26.0 Å². The van der Waals surface area contributed by atoms with Gasteiger partial charge in [0, 0.05) is 19.1 Å². The molecule has 8 nitrogen and oxygen atoms in total. The Balaban J connectivity index is 1.12. The van der Waals surface area contributed by atoms with E-state index in [4.69, 9.17) is 9.47 Å². The monoisotopic (exact) mass is 476 g/mol. The summed E-state index contributed by atoms with van der Waals surface area (Å²) in [6.07, 6.45) is 1.07. The Labute approximate surface area is 203 Å². The number of ether oxygens (including phenoxy) is 2. The number of likely N-dealkylation sites (tertiary alicyclic amines) is 1. The van der Waals surface area contributed by atoms with Crippen LogP contribution >= 0.6 is 0 Å². The second-order valence-corrected chi connectivity index (χ2v) is 9.92. The molecule has 0 unspecified atom stereocenters. The molecule has 2 aromatic rings. The van der Waals surface area contributed by atoms with E-state index in [0.717, 1.165) is 35.1 Å². The van der Waals surface area contributed by atoms with E-state index >= 15 is 0 Å². The highest BCUT2D eigenvalue weighted by atomic mass is 16.6. The summed E-state index contributed by atoms with van der Waals surface area (Å²) < 4.78 is 11.3. The van der Waals surface area contributed by atoms with Crippen molar-refractivity contribution in [2.75, 3.05) is 19.8 Å². The van der Waals surface area contributed by atoms with Crippen molar-refractivity contribution in [2.45, 2.75) is 49.3 Å². The van der Waals surface area contributed by atoms with Crippen LogP contribution < -0.4 is 5.32 Å². The molecule has 2 aliphatic carbocycles. The standard InChI is InChI=1S/C27H28N2O6/c30-24(29-12-5-6-16-14-27(16,29)25(31)32)23-22(11-13-34-23)28-26(33)35-15-21-19-9-3-1-7-17(19)18-8-2-4-10-20(18)21/h1-4,7-10,16,21-23H,5-6,11-15H2,(H,28,33)(H,31,32)/t16-,22-,23+,27+/m1/s1. The fourth-order valence-electron chi connectivity index (χ4n) is 6.29. The first-order valence-corrected chi connectivity index (χ1v) is 12.3. The van der Waals surface area contributed by atoms with Crippen LogP contribution in [0.3, 0.4) is 0 Å². The Morgan fingerprint density at radius 2 is 1.74 bits per heavy atom. The van der Waals surface area contributed by atoms with Crippen LogP contribution in [-0.2, 0) is 19.1 Å². The van der Waals surface area contributed by atoms with Crippen molar-refractivity contribution in [3.63, 3.8) is 0 Å². The number of nitrogens with one attached hydrogen (secondary N) is 1. The smallest absolute Gasteiger partial charge is 0.407 e. The van der Waals surface area contributed by atoms with Gasteiger partial charge in [0.2, 0.25) is 0 Å². The lowest BCUT2D eigenvalue weighted by atomic mass is 9.98. The molecule has 0 bridgehead atoms. The molecule has 2 amide bonds. The maximum atomic E-state index is 13.3. The van der Waals surface area contributed by atoms with Crippen molar-refractivity contribution in [3.05, 3.63) is 59.7 Å². The van der Waals surface area contributed by atoms with Gasteiger partial charge in [0.05, 0.1) is 6.04 Å². The van der Waals surface area contributed by atoms with Crippen molar-refractivity contribution >= 4 is 18.0 Å². The largest absolute Gasteiger partial charge is 0.479 e. The van der Waals surface area contributed by atoms with Crippen LogP contribution in [0.4, 0.5) is 4.79 Å². The first-order chi connectivity index (χ1) is 17.0. The number of carbonyl (C=O) groups is 3. The minimum Gasteiger partial charge on any atom is -0.479 e. The third-order valence-electron chi connectivity index (χ3n) is 8.11. The van der Waals surface area contributed by atoms with E-state index in [9.17, 15) is 19.5 Å². The van der Waals surface area contributed by atoms with Gasteiger partial charge in [0.1, 0.15) is 12.1 Å². The third-order valence-corrected chi connectivity index (χ3v) is 8.11. The van der Waals surface area contributed by atoms with Crippen LogP contribution in [0.15, 0.2) is 48.5 Å². The number of piperidine rings is 1. The summed E-state index contributed by atoms with van der Waals surface area (Å²) >= 11 is 0. The summed E-state index contributed by atoms with van der Waals surface area (Å²) in [6, 6.07) is 15.7. The van der Waals surface area contributed by atoms with Gasteiger partial charge in [0.15, 0.2) is 6.10 Å². The van der Waals surface area contributed by atoms with Crippen LogP contribution in [0.1, 0.15) is 42.7 Å². The lowest BCUT2D eigenvalue weighted by molar-refractivity contribution is -0.159. The number of hydrogen-bond acceptors (Lipinski definition) is 5. The highest BCUT2D eigenvalue weighted by Crippen LogP contribution is 2.54. The quantitative estimate of drug-likeness (QED) is 0.687. The number of amides is 2. The van der Waals surface area contributed by atoms with Gasteiger partial charge in [-0.25, -0.2) is 9.59 Å². The molecular formula is C27H28N2O6. The van der Waals surface area contributed by atoms with Gasteiger partial charge in [-0.3, -0.25) is 4.79 Å². The average Bonchev–Trinajstić information content (AvgIpc) is 3.34. The van der Waals surface area contributed by atoms with Crippen LogP contribution in [-0.4, -0.2) is 65.4 Å². The number of hydrogen-bond donors (Lipinski definition) is 2. The normalized spacial score (nSPS) is 28.6. The van der Waals surface area contributed by atoms with E-state index < -0.39 is 29.7 Å². The van der Waals surface area contributed by atoms with Crippen LogP contribution in [0.5, 0.6) is 0 Å². The molecule has 4 aliphatic rings. The molecule has 3 fully saturated rings. The number of alkyl carbamates (subject to hydrolysis) is 1. The molecule has 1 saturated carbocycles. The molecule has 2 N–H and O–H groups in total. The van der Waals surface area contributed by atoms with Crippen molar-refractivity contribution in [1.82, 2.24) is 10.2 Å². The minimum atomic E-state index is -1.10. The Hall–Kier alpha value is -3.39. The van der Waals surface area contributed by atoms with E-state index in [-0.39, 0.29) is 24.3 Å². The molecule has 0 radical (unpaired) electrons. The Morgan fingerprint density at radius 1 is 1.06 bits per heavy atom. The van der Waals surface area contributed by atoms with E-state index in [2.05, 4.69) is 29.6 Å². The lowest BCUT2D eigenvalue weighted by Crippen LogP contribution is -2.57. The Kier molecular flexibility index (Phi) is 5.29. The Bertz CT molecular complexity index is 1150. The van der Waals surface area contributed by atoms with Gasteiger partial charge in [-0.1, -0.05) is 48.5 Å². The maximum Gasteiger partial charge on any atom is 0.407 e. The SMILES string of the molecule is O=C(N[C@@H]1CCO[C@@H]1C(=O)N1CCC[C@@H]2C[C@@]21C(=O)O)OCC1c2ccccc2-c2ccccc21. The van der Waals surface area contributed by atoms with Gasteiger partial charge in [-0.2, -0.15) is 0 Å². The molecule has 2 heterocycles. The summed E-state index contributed by atoms with van der Waals surface area (Å²) in [5.74, 6) is -1.35. The van der Waals surface area contributed by atoms with E-state index in [1.54, 1.807) is 0 Å². The molecule has 182 valence electrons. The van der Waals surface area contributed by atoms with Gasteiger partial charge < -0.3 is 24.8 Å². The van der Waals surface area contributed by atoms with E-state index in [1.165, 1.54) is 4.90 Å². The summed E-state index contributed by atoms with van der Waals surface area (Å²) in [4.78, 5) is 39.5. The fourth-order valence-corrected chi connectivity index (χ4v) is 6.29. The third kappa shape index (κ3) is 3.50. The van der Waals surface area contributed by atoms with Gasteiger partial charge in [0.25, 0.3) is 5.91 Å². The first kappa shape index (κ1) is 22.1. The van der Waals surface area contributed by atoms with Crippen molar-refractivity contribution in [2.24, 2.45) is 5.92 Å². The van der Waals surface area contributed by atoms with Gasteiger partial charge >= 0.3 is 12.1 Å². The molecule has 35 heavy (non-hydrogen) atoms. The van der Waals surface area contributed by atoms with Crippen LogP contribution in [0.25, 0.3) is 11.1 Å². The number of nitrogens with zero attached hydrogens (tertiary/aromatic N) is 1. The molecule has 0 spiro atoms. The zero-order valence-corrected chi connectivity index (χ0v) is 19.3. The number of aliphatic carboxylic acids is 1. The Morgan fingerprint density at radius 3 is 2.43 bits per heavy atom. The first-order valence-electron chi connectivity index (χ1n) is 12.3. The molecule has 4 atom stereocenters. The molecule has 6 rings (SSSR count). The zero-order valence-electron chi connectivity index (χ0n) is 19.3. The number of carboxylic acids is 1. The minimum absolute atomic E-state index is 0.00708. The van der Waals surface area contributed by atoms with Crippen molar-refractivity contribution < 1.29 is 29.0 Å². The van der Waals surface area contributed by atoms with Gasteiger partial charge in [-0.15, -0.1) is 0 Å². The number of carboxylic acid groups (broad SMARTS) is 1. The predicted molar refractivity (Wildman–Crippen MR) is 126 cm³/mol. The van der Waals surface area contributed by atoms with Crippen LogP contribution in [0, 0.1) is 5.92 Å².